The highest BCUT2D eigenvalue weighted by Crippen LogP contribution is 2.18. The molecule has 126 valence electrons. The number of hydrogen-bond donors (Lipinski definition) is 0. The van der Waals surface area contributed by atoms with Crippen LogP contribution in [0.25, 0.3) is 10.9 Å². The van der Waals surface area contributed by atoms with Gasteiger partial charge >= 0.3 is 5.69 Å². The van der Waals surface area contributed by atoms with Crippen LogP contribution in [0.15, 0.2) is 32.7 Å². The maximum atomic E-state index is 12.6. The quantitative estimate of drug-likeness (QED) is 0.801. The molecular weight excluding hydrogens is 318 g/mol. The molecule has 7 nitrogen and oxygen atoms in total. The Balaban J connectivity index is 2.66. The van der Waals surface area contributed by atoms with E-state index in [2.05, 4.69) is 0 Å². The number of nitrogens with zero attached hydrogens (tertiary/aromatic N) is 3. The Labute approximate surface area is 134 Å². The molecule has 0 N–H and O–H groups in total. The van der Waals surface area contributed by atoms with Gasteiger partial charge in [-0.25, -0.2) is 17.5 Å². The van der Waals surface area contributed by atoms with E-state index in [1.807, 2.05) is 6.92 Å². The number of hydrogen-bond acceptors (Lipinski definition) is 4. The second-order valence-corrected chi connectivity index (χ2v) is 7.61. The van der Waals surface area contributed by atoms with Gasteiger partial charge in [-0.2, -0.15) is 0 Å². The third-order valence-corrected chi connectivity index (χ3v) is 5.83. The summed E-state index contributed by atoms with van der Waals surface area (Å²) in [5.41, 5.74) is -0.539. The largest absolute Gasteiger partial charge is 0.330 e. The van der Waals surface area contributed by atoms with Crippen molar-refractivity contribution in [1.82, 2.24) is 13.4 Å². The summed E-state index contributed by atoms with van der Waals surface area (Å²) in [7, 11) is 0.785. The van der Waals surface area contributed by atoms with Crippen LogP contribution < -0.4 is 11.2 Å². The molecule has 0 fully saturated rings. The highest BCUT2D eigenvalue weighted by atomic mass is 32.2. The molecule has 1 aromatic heterocycles. The molecule has 1 aromatic carbocycles. The Morgan fingerprint density at radius 1 is 1.13 bits per heavy atom. The fourth-order valence-corrected chi connectivity index (χ4v) is 3.65. The minimum atomic E-state index is -3.66. The minimum Gasteiger partial charge on any atom is -0.296 e. The number of sulfonamides is 1. The molecule has 23 heavy (non-hydrogen) atoms. The van der Waals surface area contributed by atoms with E-state index < -0.39 is 21.3 Å². The fraction of sp³-hybridized carbons (Fsp3) is 0.467. The Kier molecular flexibility index (Phi) is 4.76. The number of aryl methyl sites for hydroxylation is 1. The molecule has 0 saturated carbocycles. The van der Waals surface area contributed by atoms with Gasteiger partial charge in [0.15, 0.2) is 0 Å². The van der Waals surface area contributed by atoms with Gasteiger partial charge in [0.05, 0.1) is 15.8 Å². The summed E-state index contributed by atoms with van der Waals surface area (Å²) < 4.78 is 28.7. The maximum Gasteiger partial charge on any atom is 0.330 e. The van der Waals surface area contributed by atoms with Gasteiger partial charge in [-0.3, -0.25) is 13.9 Å². The second-order valence-electron chi connectivity index (χ2n) is 5.56. The number of unbranched alkanes of at least 4 members (excludes halogenated alkanes) is 1. The number of fused-ring (bicyclic) bond motifs is 1. The van der Waals surface area contributed by atoms with Gasteiger partial charge in [0.1, 0.15) is 0 Å². The normalized spacial score (nSPS) is 12.2. The molecule has 0 bridgehead atoms. The molecule has 2 aromatic rings. The van der Waals surface area contributed by atoms with E-state index >= 15 is 0 Å². The van der Waals surface area contributed by atoms with E-state index in [-0.39, 0.29) is 10.3 Å². The van der Waals surface area contributed by atoms with Crippen LogP contribution in [0, 0.1) is 0 Å². The summed E-state index contributed by atoms with van der Waals surface area (Å²) >= 11 is 0. The summed E-state index contributed by atoms with van der Waals surface area (Å²) in [5.74, 6) is 0. The average molecular weight is 339 g/mol. The smallest absolute Gasteiger partial charge is 0.296 e. The van der Waals surface area contributed by atoms with Gasteiger partial charge in [0, 0.05) is 27.7 Å². The predicted octanol–water partition coefficient (Wildman–Crippen LogP) is 0.658. The molecular formula is C15H21N3O4S. The number of rotatable bonds is 5. The molecule has 0 unspecified atom stereocenters. The highest BCUT2D eigenvalue weighted by molar-refractivity contribution is 7.89. The van der Waals surface area contributed by atoms with Crippen LogP contribution in [0.3, 0.4) is 0 Å². The lowest BCUT2D eigenvalue weighted by atomic mass is 10.2. The third kappa shape index (κ3) is 2.96. The van der Waals surface area contributed by atoms with Crippen molar-refractivity contribution >= 4 is 20.9 Å². The molecule has 0 radical (unpaired) electrons. The van der Waals surface area contributed by atoms with Crippen LogP contribution in [-0.2, 0) is 24.1 Å². The van der Waals surface area contributed by atoms with Crippen LogP contribution in [0.4, 0.5) is 0 Å². The molecule has 8 heteroatoms. The van der Waals surface area contributed by atoms with Crippen LogP contribution in [0.2, 0.25) is 0 Å². The topological polar surface area (TPSA) is 81.4 Å². The zero-order valence-corrected chi connectivity index (χ0v) is 14.6. The summed E-state index contributed by atoms with van der Waals surface area (Å²) in [6.45, 7) is 2.41. The maximum absolute atomic E-state index is 12.6. The first-order chi connectivity index (χ1) is 10.7. The highest BCUT2D eigenvalue weighted by Gasteiger charge is 2.21. The first-order valence-corrected chi connectivity index (χ1v) is 8.82. The van der Waals surface area contributed by atoms with E-state index in [1.54, 1.807) is 7.05 Å². The van der Waals surface area contributed by atoms with Gasteiger partial charge in [-0.1, -0.05) is 13.3 Å². The molecule has 0 aliphatic carbocycles. The Morgan fingerprint density at radius 3 is 2.39 bits per heavy atom. The van der Waals surface area contributed by atoms with Crippen molar-refractivity contribution in [1.29, 1.82) is 0 Å². The zero-order valence-electron chi connectivity index (χ0n) is 13.7. The van der Waals surface area contributed by atoms with Crippen LogP contribution >= 0.6 is 0 Å². The first kappa shape index (κ1) is 17.4. The molecule has 0 aliphatic heterocycles. The lowest BCUT2D eigenvalue weighted by Gasteiger charge is -2.17. The van der Waals surface area contributed by atoms with Crippen molar-refractivity contribution < 1.29 is 8.42 Å². The lowest BCUT2D eigenvalue weighted by Crippen LogP contribution is -2.37. The van der Waals surface area contributed by atoms with E-state index in [0.29, 0.717) is 12.1 Å². The van der Waals surface area contributed by atoms with Crippen molar-refractivity contribution in [3.8, 4) is 0 Å². The van der Waals surface area contributed by atoms with Crippen LogP contribution in [0.1, 0.15) is 19.8 Å². The van der Waals surface area contributed by atoms with Gasteiger partial charge in [-0.05, 0) is 24.6 Å². The zero-order chi connectivity index (χ0) is 17.4. The molecule has 0 atom stereocenters. The molecule has 2 rings (SSSR count). The molecule has 1 heterocycles. The minimum absolute atomic E-state index is 0.0550. The van der Waals surface area contributed by atoms with Crippen molar-refractivity contribution in [3.63, 3.8) is 0 Å². The van der Waals surface area contributed by atoms with Crippen molar-refractivity contribution in [3.05, 3.63) is 39.0 Å². The molecule has 0 saturated heterocycles. The Hall–Kier alpha value is -1.93. The van der Waals surface area contributed by atoms with Crippen LogP contribution in [0.5, 0.6) is 0 Å². The average Bonchev–Trinajstić information content (AvgIpc) is 2.55. The monoisotopic (exact) mass is 339 g/mol. The Bertz CT molecular complexity index is 957. The standard InChI is InChI=1S/C15H21N3O4S/c1-5-6-9-16(2)23(21,22)11-7-8-13-12(10-11)14(19)18(4)15(20)17(13)3/h7-8,10H,5-6,9H2,1-4H3. The number of aromatic nitrogens is 2. The van der Waals surface area contributed by atoms with Crippen molar-refractivity contribution in [2.24, 2.45) is 14.1 Å². The summed E-state index contributed by atoms with van der Waals surface area (Å²) in [4.78, 5) is 24.2. The fourth-order valence-electron chi connectivity index (χ4n) is 2.42. The van der Waals surface area contributed by atoms with E-state index in [4.69, 9.17) is 0 Å². The summed E-state index contributed by atoms with van der Waals surface area (Å²) in [6.07, 6.45) is 1.65. The predicted molar refractivity (Wildman–Crippen MR) is 89.2 cm³/mol. The molecule has 0 aliphatic rings. The summed E-state index contributed by atoms with van der Waals surface area (Å²) in [6, 6.07) is 4.27. The van der Waals surface area contributed by atoms with Gasteiger partial charge in [0.2, 0.25) is 10.0 Å². The Morgan fingerprint density at radius 2 is 1.78 bits per heavy atom. The van der Waals surface area contributed by atoms with E-state index in [1.165, 1.54) is 41.2 Å². The van der Waals surface area contributed by atoms with E-state index in [0.717, 1.165) is 17.4 Å². The molecule has 0 spiro atoms. The first-order valence-electron chi connectivity index (χ1n) is 7.38. The molecule has 0 amide bonds. The number of benzene rings is 1. The van der Waals surface area contributed by atoms with Gasteiger partial charge in [-0.15, -0.1) is 0 Å². The second kappa shape index (κ2) is 6.29. The van der Waals surface area contributed by atoms with Gasteiger partial charge in [0.25, 0.3) is 5.56 Å². The third-order valence-electron chi connectivity index (χ3n) is 3.97. The van der Waals surface area contributed by atoms with Crippen molar-refractivity contribution in [2.45, 2.75) is 24.7 Å². The summed E-state index contributed by atoms with van der Waals surface area (Å²) in [5, 5.41) is 0.208. The van der Waals surface area contributed by atoms with Gasteiger partial charge < -0.3 is 0 Å². The SMILES string of the molecule is CCCCN(C)S(=O)(=O)c1ccc2c(c1)c(=O)n(C)c(=O)n2C. The van der Waals surface area contributed by atoms with Crippen LogP contribution in [-0.4, -0.2) is 35.4 Å². The van der Waals surface area contributed by atoms with Crippen molar-refractivity contribution in [2.75, 3.05) is 13.6 Å². The lowest BCUT2D eigenvalue weighted by molar-refractivity contribution is 0.459. The van der Waals surface area contributed by atoms with E-state index in [9.17, 15) is 18.0 Å².